The Bertz CT molecular complexity index is 1180. The predicted octanol–water partition coefficient (Wildman–Crippen LogP) is 0.240. The predicted molar refractivity (Wildman–Crippen MR) is 107 cm³/mol. The molecule has 0 aliphatic carbocycles. The van der Waals surface area contributed by atoms with Gasteiger partial charge in [-0.1, -0.05) is 5.11 Å². The lowest BCUT2D eigenvalue weighted by Crippen LogP contribution is -2.33. The lowest BCUT2D eigenvalue weighted by Gasteiger charge is -2.20. The summed E-state index contributed by atoms with van der Waals surface area (Å²) in [6, 6.07) is 0. The molecule has 0 aromatic carbocycles. The van der Waals surface area contributed by atoms with Crippen LogP contribution >= 0.6 is 23.2 Å². The molecule has 186 valence electrons. The summed E-state index contributed by atoms with van der Waals surface area (Å²) in [5.74, 6) is 0. The van der Waals surface area contributed by atoms with E-state index in [9.17, 15) is 43.1 Å². The van der Waals surface area contributed by atoms with E-state index in [2.05, 4.69) is 23.2 Å². The van der Waals surface area contributed by atoms with Crippen LogP contribution in [0.5, 0.6) is 0 Å². The van der Waals surface area contributed by atoms with E-state index in [-0.39, 0.29) is 12.0 Å². The molecule has 0 bridgehead atoms. The van der Waals surface area contributed by atoms with Crippen LogP contribution in [-0.2, 0) is 31.6 Å². The van der Waals surface area contributed by atoms with Gasteiger partial charge in [0.15, 0.2) is 0 Å². The first kappa shape index (κ1) is 27.6. The highest BCUT2D eigenvalue weighted by atomic mass is 31.3. The zero-order valence-electron chi connectivity index (χ0n) is 16.7. The van der Waals surface area contributed by atoms with Gasteiger partial charge in [0.05, 0.1) is 18.9 Å². The van der Waals surface area contributed by atoms with Crippen LogP contribution in [0.2, 0.25) is 0 Å². The summed E-state index contributed by atoms with van der Waals surface area (Å²) in [6.07, 6.45) is -3.55. The maximum atomic E-state index is 12.0. The molecule has 33 heavy (non-hydrogen) atoms. The van der Waals surface area contributed by atoms with Crippen LogP contribution in [-0.4, -0.2) is 60.9 Å². The topological polar surface area (TPSA) is 273 Å². The number of H-pyrrole nitrogens is 1. The van der Waals surface area contributed by atoms with Gasteiger partial charge in [0.25, 0.3) is 5.56 Å². The molecule has 0 saturated carbocycles. The average molecular weight is 535 g/mol. The van der Waals surface area contributed by atoms with Crippen LogP contribution in [0.1, 0.15) is 18.2 Å². The quantitative estimate of drug-likeness (QED) is 0.110. The number of azide groups is 1. The Hall–Kier alpha value is -1.64. The van der Waals surface area contributed by atoms with E-state index in [0.29, 0.717) is 0 Å². The van der Waals surface area contributed by atoms with E-state index in [4.69, 9.17) is 10.3 Å². The number of rotatable bonds is 11. The number of hydrogen-bond acceptors (Lipinski definition) is 11. The number of aryl methyl sites for hydroxylation is 1. The fourth-order valence-electron chi connectivity index (χ4n) is 2.59. The van der Waals surface area contributed by atoms with Crippen LogP contribution in [0, 0.1) is 6.92 Å². The first-order valence-corrected chi connectivity index (χ1v) is 13.6. The fraction of sp³-hybridized carbons (Fsp3) is 0.667. The number of nitrogens with one attached hydrogen (secondary N) is 1. The maximum Gasteiger partial charge on any atom is 0.488 e. The number of phosphoric acid groups is 2. The van der Waals surface area contributed by atoms with Gasteiger partial charge >= 0.3 is 28.9 Å². The third-order valence-electron chi connectivity index (χ3n) is 4.05. The maximum absolute atomic E-state index is 12.0. The molecule has 1 saturated heterocycles. The summed E-state index contributed by atoms with van der Waals surface area (Å²) in [4.78, 5) is 56.3. The molecule has 3 unspecified atom stereocenters. The molecule has 1 aromatic heterocycles. The Morgan fingerprint density at radius 2 is 1.94 bits per heavy atom. The van der Waals surface area contributed by atoms with Crippen molar-refractivity contribution in [2.45, 2.75) is 31.8 Å². The van der Waals surface area contributed by atoms with E-state index < -0.39 is 72.2 Å². The van der Waals surface area contributed by atoms with Gasteiger partial charge in [-0.2, -0.15) is 4.31 Å². The van der Waals surface area contributed by atoms with Crippen LogP contribution < -0.4 is 11.2 Å². The summed E-state index contributed by atoms with van der Waals surface area (Å²) in [5, 5.41) is 13.0. The van der Waals surface area contributed by atoms with E-state index in [1.165, 1.54) is 13.1 Å². The summed E-state index contributed by atoms with van der Waals surface area (Å²) in [6.45, 7) is -0.0128. The Morgan fingerprint density at radius 3 is 2.58 bits per heavy atom. The van der Waals surface area contributed by atoms with Crippen molar-refractivity contribution in [3.63, 3.8) is 0 Å². The van der Waals surface area contributed by atoms with Crippen LogP contribution in [0.15, 0.2) is 20.9 Å². The second-order valence-electron chi connectivity index (χ2n) is 6.62. The minimum atomic E-state index is -5.61. The van der Waals surface area contributed by atoms with E-state index in [0.717, 1.165) is 4.57 Å². The van der Waals surface area contributed by atoms with Crippen LogP contribution in [0.25, 0.3) is 10.4 Å². The molecule has 2 rings (SSSR count). The zero-order chi connectivity index (χ0) is 25.0. The molecular weight excluding hydrogens is 515 g/mol. The summed E-state index contributed by atoms with van der Waals surface area (Å²) >= 11 is 0. The van der Waals surface area contributed by atoms with Crippen molar-refractivity contribution < 1.29 is 51.4 Å². The molecule has 2 heterocycles. The van der Waals surface area contributed by atoms with Crippen molar-refractivity contribution >= 4 is 23.2 Å². The van der Waals surface area contributed by atoms with Gasteiger partial charge in [-0.25, -0.2) is 18.2 Å². The van der Waals surface area contributed by atoms with Crippen molar-refractivity contribution in [1.29, 1.82) is 0 Å². The van der Waals surface area contributed by atoms with Crippen molar-refractivity contribution in [1.82, 2.24) is 9.55 Å². The second-order valence-corrected chi connectivity index (χ2v) is 11.8. The second kappa shape index (κ2) is 10.7. The van der Waals surface area contributed by atoms with Crippen LogP contribution in [0.3, 0.4) is 0 Å². The number of aliphatic hydroxyl groups excluding tert-OH is 1. The van der Waals surface area contributed by atoms with Gasteiger partial charge in [-0.05, 0) is 12.5 Å². The van der Waals surface area contributed by atoms with E-state index >= 15 is 0 Å². The monoisotopic (exact) mass is 535 g/mol. The third kappa shape index (κ3) is 8.26. The molecule has 0 radical (unpaired) electrons. The number of aromatic amines is 1. The van der Waals surface area contributed by atoms with Gasteiger partial charge in [-0.15, -0.1) is 0 Å². The molecular formula is C12H20N5O13P3. The lowest BCUT2D eigenvalue weighted by molar-refractivity contribution is -0.0450. The highest BCUT2D eigenvalue weighted by Crippen LogP contribution is 2.67. The lowest BCUT2D eigenvalue weighted by atomic mass is 10.2. The van der Waals surface area contributed by atoms with Gasteiger partial charge in [0, 0.05) is 29.6 Å². The third-order valence-corrected chi connectivity index (χ3v) is 8.78. The van der Waals surface area contributed by atoms with Gasteiger partial charge in [0.1, 0.15) is 12.3 Å². The average Bonchev–Trinajstić information content (AvgIpc) is 3.02. The fourth-order valence-corrected chi connectivity index (χ4v) is 6.50. The van der Waals surface area contributed by atoms with Gasteiger partial charge in [0.2, 0.25) is 0 Å². The van der Waals surface area contributed by atoms with Crippen molar-refractivity contribution in [3.05, 3.63) is 43.0 Å². The smallest absolute Gasteiger partial charge is 0.390 e. The molecule has 18 nitrogen and oxygen atoms in total. The standard InChI is InChI=1S/C12H20N5O13P3/c1-7-5-17(12(20)15-11(7)19)10-4-8(18)9(28-10)6-27-32(23,24)30-33(25,26)29-31(21,22)3-2-14-16-13/h5,8-10,18H,2-4,6H2,1H3,(H,21,22)(H,23,24)(H,25,26)(H,15,19,20)/t8-,9+,10+/m0/s1. The number of aromatic nitrogens is 2. The highest BCUT2D eigenvalue weighted by Gasteiger charge is 2.43. The Kier molecular flexibility index (Phi) is 8.98. The van der Waals surface area contributed by atoms with Gasteiger partial charge in [-0.3, -0.25) is 23.4 Å². The molecule has 1 aliphatic rings. The first-order chi connectivity index (χ1) is 15.1. The molecule has 21 heteroatoms. The first-order valence-electron chi connectivity index (χ1n) is 8.86. The van der Waals surface area contributed by atoms with Gasteiger partial charge < -0.3 is 24.5 Å². The molecule has 5 N–H and O–H groups in total. The Morgan fingerprint density at radius 1 is 1.27 bits per heavy atom. The minimum absolute atomic E-state index is 0.170. The minimum Gasteiger partial charge on any atom is -0.390 e. The van der Waals surface area contributed by atoms with Crippen molar-refractivity contribution in [2.24, 2.45) is 5.11 Å². The SMILES string of the molecule is Cc1cn([C@H]2C[C@H](O)[C@@H](COP(=O)(O)OP(=O)(O)OP(=O)(O)CCN=[N+]=[N-])O2)c(=O)[nH]c1=O. The largest absolute Gasteiger partial charge is 0.488 e. The Balaban J connectivity index is 1.98. The van der Waals surface area contributed by atoms with E-state index in [1.807, 2.05) is 4.98 Å². The van der Waals surface area contributed by atoms with Crippen LogP contribution in [0.4, 0.5) is 0 Å². The summed E-state index contributed by atoms with van der Waals surface area (Å²) < 4.78 is 54.2. The summed E-state index contributed by atoms with van der Waals surface area (Å²) in [7, 11) is -15.8. The molecule has 0 spiro atoms. The van der Waals surface area contributed by atoms with Crippen molar-refractivity contribution in [2.75, 3.05) is 19.3 Å². The molecule has 1 fully saturated rings. The number of ether oxygens (including phenoxy) is 1. The highest BCUT2D eigenvalue weighted by molar-refractivity contribution is 7.68. The number of aliphatic hydroxyl groups is 1. The number of phosphoric ester groups is 1. The Labute approximate surface area is 184 Å². The van der Waals surface area contributed by atoms with E-state index in [1.54, 1.807) is 0 Å². The number of hydrogen-bond donors (Lipinski definition) is 5. The molecule has 1 aromatic rings. The van der Waals surface area contributed by atoms with Crippen molar-refractivity contribution in [3.8, 4) is 0 Å². The molecule has 6 atom stereocenters. The zero-order valence-corrected chi connectivity index (χ0v) is 19.4. The molecule has 1 aliphatic heterocycles. The normalized spacial score (nSPS) is 26.0. The molecule has 0 amide bonds. The number of nitrogens with zero attached hydrogens (tertiary/aromatic N) is 4. The summed E-state index contributed by atoms with van der Waals surface area (Å²) in [5.41, 5.74) is 6.84.